The Morgan fingerprint density at radius 3 is 2.39 bits per heavy atom. The Kier molecular flexibility index (Phi) is 4.33. The number of halogens is 3. The second-order valence-electron chi connectivity index (χ2n) is 4.00. The molecule has 0 saturated heterocycles. The minimum atomic E-state index is -4.18. The number of nitrogens with two attached hydrogens (primary N) is 1. The van der Waals surface area contributed by atoms with Crippen LogP contribution in [0.1, 0.15) is 17.8 Å². The fraction of sp³-hybridized carbons (Fsp3) is 0.600. The molecule has 0 spiro atoms. The van der Waals surface area contributed by atoms with Gasteiger partial charge in [-0.3, -0.25) is 0 Å². The molecule has 1 aromatic heterocycles. The number of hydrazine groups is 1. The molecule has 0 unspecified atom stereocenters. The number of hydrogen-bond donors (Lipinski definition) is 2. The van der Waals surface area contributed by atoms with Gasteiger partial charge in [0.2, 0.25) is 0 Å². The van der Waals surface area contributed by atoms with Crippen molar-refractivity contribution in [1.82, 2.24) is 9.97 Å². The van der Waals surface area contributed by atoms with Gasteiger partial charge in [-0.25, -0.2) is 15.8 Å². The van der Waals surface area contributed by atoms with E-state index in [1.165, 1.54) is 4.90 Å². The number of rotatable bonds is 4. The lowest BCUT2D eigenvalue weighted by Crippen LogP contribution is -2.26. The number of nitrogen functional groups attached to an aromatic ring is 1. The Labute approximate surface area is 103 Å². The smallest absolute Gasteiger partial charge is 0.359 e. The van der Waals surface area contributed by atoms with Gasteiger partial charge in [-0.1, -0.05) is 0 Å². The van der Waals surface area contributed by atoms with Crippen molar-refractivity contribution in [2.75, 3.05) is 23.9 Å². The number of anilines is 2. The van der Waals surface area contributed by atoms with E-state index in [1.54, 1.807) is 20.9 Å². The molecule has 0 radical (unpaired) electrons. The molecule has 0 aliphatic rings. The number of aryl methyl sites for hydroxylation is 1. The van der Waals surface area contributed by atoms with E-state index in [0.717, 1.165) is 0 Å². The van der Waals surface area contributed by atoms with Gasteiger partial charge in [0, 0.05) is 19.2 Å². The van der Waals surface area contributed by atoms with E-state index in [2.05, 4.69) is 15.4 Å². The van der Waals surface area contributed by atoms with Crippen LogP contribution >= 0.6 is 0 Å². The summed E-state index contributed by atoms with van der Waals surface area (Å²) in [6.07, 6.45) is -5.07. The highest BCUT2D eigenvalue weighted by molar-refractivity contribution is 5.57. The van der Waals surface area contributed by atoms with Crippen molar-refractivity contribution in [3.63, 3.8) is 0 Å². The van der Waals surface area contributed by atoms with Crippen molar-refractivity contribution in [3.05, 3.63) is 11.4 Å². The minimum absolute atomic E-state index is 0.162. The van der Waals surface area contributed by atoms with E-state index in [4.69, 9.17) is 5.84 Å². The molecule has 0 aliphatic heterocycles. The molecule has 1 heterocycles. The summed E-state index contributed by atoms with van der Waals surface area (Å²) >= 11 is 0. The van der Waals surface area contributed by atoms with Crippen molar-refractivity contribution in [1.29, 1.82) is 0 Å². The second kappa shape index (κ2) is 5.38. The molecule has 0 aromatic carbocycles. The zero-order valence-electron chi connectivity index (χ0n) is 10.5. The molecule has 0 amide bonds. The first-order chi connectivity index (χ1) is 8.24. The topological polar surface area (TPSA) is 67.1 Å². The van der Waals surface area contributed by atoms with Crippen LogP contribution in [-0.4, -0.2) is 29.7 Å². The molecule has 0 bridgehead atoms. The Hall–Kier alpha value is -1.57. The van der Waals surface area contributed by atoms with E-state index >= 15 is 0 Å². The molecule has 5 nitrogen and oxygen atoms in total. The highest BCUT2D eigenvalue weighted by Gasteiger charge is 2.27. The highest BCUT2D eigenvalue weighted by Crippen LogP contribution is 2.25. The van der Waals surface area contributed by atoms with Gasteiger partial charge in [0.15, 0.2) is 0 Å². The lowest BCUT2D eigenvalue weighted by atomic mass is 10.2. The van der Waals surface area contributed by atoms with Crippen LogP contribution in [0.3, 0.4) is 0 Å². The lowest BCUT2D eigenvalue weighted by molar-refractivity contribution is -0.132. The average molecular weight is 263 g/mol. The fourth-order valence-electron chi connectivity index (χ4n) is 1.53. The number of hydrogen-bond acceptors (Lipinski definition) is 5. The third-order valence-electron chi connectivity index (χ3n) is 2.46. The Balaban J connectivity index is 2.91. The third-order valence-corrected chi connectivity index (χ3v) is 2.46. The van der Waals surface area contributed by atoms with Crippen LogP contribution < -0.4 is 16.2 Å². The first-order valence-electron chi connectivity index (χ1n) is 5.34. The van der Waals surface area contributed by atoms with Gasteiger partial charge in [-0.2, -0.15) is 13.2 Å². The van der Waals surface area contributed by atoms with Crippen LogP contribution in [0.15, 0.2) is 0 Å². The zero-order chi connectivity index (χ0) is 13.9. The molecule has 0 saturated carbocycles. The van der Waals surface area contributed by atoms with E-state index in [9.17, 15) is 13.2 Å². The van der Waals surface area contributed by atoms with Gasteiger partial charge in [0.1, 0.15) is 17.5 Å². The Morgan fingerprint density at radius 2 is 1.89 bits per heavy atom. The molecule has 18 heavy (non-hydrogen) atoms. The first kappa shape index (κ1) is 14.5. The molecule has 102 valence electrons. The number of aromatic nitrogens is 2. The van der Waals surface area contributed by atoms with Crippen LogP contribution in [-0.2, 0) is 0 Å². The van der Waals surface area contributed by atoms with Crippen LogP contribution in [0.5, 0.6) is 0 Å². The van der Waals surface area contributed by atoms with Crippen LogP contribution in [0, 0.1) is 13.8 Å². The summed E-state index contributed by atoms with van der Waals surface area (Å²) in [5, 5.41) is 0. The monoisotopic (exact) mass is 263 g/mol. The van der Waals surface area contributed by atoms with Gasteiger partial charge in [-0.15, -0.1) is 0 Å². The van der Waals surface area contributed by atoms with E-state index < -0.39 is 12.6 Å². The van der Waals surface area contributed by atoms with Crippen LogP contribution in [0.25, 0.3) is 0 Å². The van der Waals surface area contributed by atoms with Crippen LogP contribution in [0.2, 0.25) is 0 Å². The highest BCUT2D eigenvalue weighted by atomic mass is 19.4. The summed E-state index contributed by atoms with van der Waals surface area (Å²) in [4.78, 5) is 9.62. The molecule has 3 N–H and O–H groups in total. The number of nitrogens with one attached hydrogen (secondary N) is 1. The summed E-state index contributed by atoms with van der Waals surface area (Å²) in [6, 6.07) is 0. The third kappa shape index (κ3) is 3.73. The summed E-state index contributed by atoms with van der Waals surface area (Å²) in [5.41, 5.74) is 3.02. The maximum absolute atomic E-state index is 12.2. The van der Waals surface area contributed by atoms with Gasteiger partial charge >= 0.3 is 6.18 Å². The lowest BCUT2D eigenvalue weighted by Gasteiger charge is -2.22. The van der Waals surface area contributed by atoms with Crippen molar-refractivity contribution in [3.8, 4) is 0 Å². The second-order valence-corrected chi connectivity index (χ2v) is 4.00. The number of alkyl halides is 3. The van der Waals surface area contributed by atoms with E-state index in [0.29, 0.717) is 23.0 Å². The largest absolute Gasteiger partial charge is 0.390 e. The van der Waals surface area contributed by atoms with E-state index in [1.807, 2.05) is 0 Å². The maximum Gasteiger partial charge on any atom is 0.390 e. The quantitative estimate of drug-likeness (QED) is 0.640. The van der Waals surface area contributed by atoms with Gasteiger partial charge in [-0.05, 0) is 13.8 Å². The standard InChI is InChI=1S/C10H16F3N5/c1-6-8(17-14)15-7(2)16-9(6)18(3)5-4-10(11,12)13/h4-5,14H2,1-3H3,(H,15,16,17). The molecular formula is C10H16F3N5. The number of nitrogens with zero attached hydrogens (tertiary/aromatic N) is 3. The minimum Gasteiger partial charge on any atom is -0.359 e. The predicted octanol–water partition coefficient (Wildman–Crippen LogP) is 1.77. The Morgan fingerprint density at radius 1 is 1.28 bits per heavy atom. The molecule has 1 aromatic rings. The van der Waals surface area contributed by atoms with E-state index in [-0.39, 0.29) is 6.54 Å². The SMILES string of the molecule is Cc1nc(NN)c(C)c(N(C)CCC(F)(F)F)n1. The molecular weight excluding hydrogens is 247 g/mol. The molecule has 8 heteroatoms. The van der Waals surface area contributed by atoms with Crippen molar-refractivity contribution in [2.24, 2.45) is 5.84 Å². The molecule has 1 rings (SSSR count). The van der Waals surface area contributed by atoms with Crippen molar-refractivity contribution < 1.29 is 13.2 Å². The van der Waals surface area contributed by atoms with Gasteiger partial charge < -0.3 is 10.3 Å². The summed E-state index contributed by atoms with van der Waals surface area (Å²) in [5.74, 6) is 6.60. The molecule has 0 atom stereocenters. The van der Waals surface area contributed by atoms with Gasteiger partial charge in [0.25, 0.3) is 0 Å². The van der Waals surface area contributed by atoms with Crippen molar-refractivity contribution >= 4 is 11.6 Å². The molecule has 0 aliphatic carbocycles. The average Bonchev–Trinajstić information content (AvgIpc) is 2.27. The first-order valence-corrected chi connectivity index (χ1v) is 5.34. The van der Waals surface area contributed by atoms with Crippen molar-refractivity contribution in [2.45, 2.75) is 26.4 Å². The predicted molar refractivity (Wildman–Crippen MR) is 63.3 cm³/mol. The summed E-state index contributed by atoms with van der Waals surface area (Å²) < 4.78 is 36.5. The summed E-state index contributed by atoms with van der Waals surface area (Å²) in [6.45, 7) is 3.19. The normalized spacial score (nSPS) is 11.5. The molecule has 0 fully saturated rings. The van der Waals surface area contributed by atoms with Crippen LogP contribution in [0.4, 0.5) is 24.8 Å². The Bertz CT molecular complexity index is 419. The zero-order valence-corrected chi connectivity index (χ0v) is 10.5. The summed E-state index contributed by atoms with van der Waals surface area (Å²) in [7, 11) is 1.56. The van der Waals surface area contributed by atoms with Gasteiger partial charge in [0.05, 0.1) is 6.42 Å². The fourth-order valence-corrected chi connectivity index (χ4v) is 1.53. The maximum atomic E-state index is 12.2.